The van der Waals surface area contributed by atoms with Gasteiger partial charge in [-0.05, 0) is 12.3 Å². The number of ketones is 2. The van der Waals surface area contributed by atoms with Gasteiger partial charge in [0, 0.05) is 40.5 Å². The van der Waals surface area contributed by atoms with E-state index in [9.17, 15) is 28.8 Å². The molecule has 0 amide bonds. The summed E-state index contributed by atoms with van der Waals surface area (Å²) >= 11 is 0. The lowest BCUT2D eigenvalue weighted by molar-refractivity contribution is -0.240. The first-order chi connectivity index (χ1) is 16.2. The van der Waals surface area contributed by atoms with Gasteiger partial charge in [-0.15, -0.1) is 0 Å². The lowest BCUT2D eigenvalue weighted by atomic mass is 9.91. The Balaban J connectivity index is 1.57. The highest BCUT2D eigenvalue weighted by Crippen LogP contribution is 2.27. The summed E-state index contributed by atoms with van der Waals surface area (Å²) in [4.78, 5) is 72.5. The van der Waals surface area contributed by atoms with Gasteiger partial charge in [-0.3, -0.25) is 28.8 Å². The van der Waals surface area contributed by atoms with E-state index in [2.05, 4.69) is 0 Å². The maximum atomic E-state index is 12.4. The predicted molar refractivity (Wildman–Crippen MR) is 120 cm³/mol. The Morgan fingerprint density at radius 2 is 1.03 bits per heavy atom. The van der Waals surface area contributed by atoms with Crippen LogP contribution in [0, 0.1) is 17.8 Å². The molecular formula is C25H36O10. The monoisotopic (exact) mass is 496 g/mol. The number of cyclic esters (lactones) is 4. The first kappa shape index (κ1) is 28.5. The summed E-state index contributed by atoms with van der Waals surface area (Å²) in [5.41, 5.74) is 0. The molecule has 10 heteroatoms. The Bertz CT molecular complexity index is 816. The van der Waals surface area contributed by atoms with E-state index in [0.29, 0.717) is 6.42 Å². The maximum absolute atomic E-state index is 12.4. The fraction of sp³-hybridized carbons (Fsp3) is 0.760. The van der Waals surface area contributed by atoms with Crippen LogP contribution in [0.15, 0.2) is 0 Å². The van der Waals surface area contributed by atoms with E-state index in [1.165, 1.54) is 27.7 Å². The number of rotatable bonds is 13. The van der Waals surface area contributed by atoms with Crippen molar-refractivity contribution in [3.05, 3.63) is 0 Å². The molecule has 2 aliphatic heterocycles. The number of hydrogen-bond donors (Lipinski definition) is 0. The van der Waals surface area contributed by atoms with Gasteiger partial charge in [0.2, 0.25) is 11.8 Å². The van der Waals surface area contributed by atoms with Crippen molar-refractivity contribution in [1.82, 2.24) is 0 Å². The van der Waals surface area contributed by atoms with Crippen LogP contribution in [0.25, 0.3) is 0 Å². The topological polar surface area (TPSA) is 139 Å². The van der Waals surface area contributed by atoms with Crippen molar-refractivity contribution in [3.63, 3.8) is 0 Å². The van der Waals surface area contributed by atoms with E-state index in [4.69, 9.17) is 18.9 Å². The van der Waals surface area contributed by atoms with Crippen molar-refractivity contribution >= 4 is 35.4 Å². The zero-order valence-electron chi connectivity index (χ0n) is 21.2. The van der Waals surface area contributed by atoms with Crippen LogP contribution >= 0.6 is 0 Å². The number of unbranched alkanes of at least 4 members (excludes halogenated alkanes) is 5. The van der Waals surface area contributed by atoms with Gasteiger partial charge in [-0.25, -0.2) is 0 Å². The Morgan fingerprint density at radius 3 is 1.49 bits per heavy atom. The third-order valence-corrected chi connectivity index (χ3v) is 5.89. The van der Waals surface area contributed by atoms with Crippen LogP contribution in [-0.4, -0.2) is 47.0 Å². The van der Waals surface area contributed by atoms with E-state index in [1.807, 2.05) is 6.92 Å². The summed E-state index contributed by atoms with van der Waals surface area (Å²) in [7, 11) is 0. The lowest BCUT2D eigenvalue weighted by Gasteiger charge is -2.32. The predicted octanol–water partition coefficient (Wildman–Crippen LogP) is 3.18. The molecule has 0 unspecified atom stereocenters. The molecule has 2 aliphatic rings. The molecule has 0 aromatic heterocycles. The molecule has 10 nitrogen and oxygen atoms in total. The molecular weight excluding hydrogens is 460 g/mol. The van der Waals surface area contributed by atoms with Gasteiger partial charge in [0.15, 0.2) is 11.6 Å². The number of ether oxygens (including phenoxy) is 4. The molecule has 0 bridgehead atoms. The second kappa shape index (κ2) is 11.8. The zero-order valence-corrected chi connectivity index (χ0v) is 21.2. The first-order valence-electron chi connectivity index (χ1n) is 12.2. The fourth-order valence-corrected chi connectivity index (χ4v) is 4.17. The quantitative estimate of drug-likeness (QED) is 0.212. The molecule has 1 atom stereocenters. The molecule has 0 aliphatic carbocycles. The second-order valence-electron chi connectivity index (χ2n) is 10.3. The average Bonchev–Trinajstić information content (AvgIpc) is 2.66. The van der Waals surface area contributed by atoms with Crippen LogP contribution in [0.3, 0.4) is 0 Å². The minimum Gasteiger partial charge on any atom is -0.422 e. The lowest BCUT2D eigenvalue weighted by Crippen LogP contribution is -2.49. The molecule has 35 heavy (non-hydrogen) atoms. The minimum absolute atomic E-state index is 0.00985. The minimum atomic E-state index is -1.50. The molecule has 0 saturated carbocycles. The van der Waals surface area contributed by atoms with E-state index in [1.54, 1.807) is 0 Å². The molecule has 2 rings (SSSR count). The molecule has 2 fully saturated rings. The number of hydrogen-bond acceptors (Lipinski definition) is 10. The van der Waals surface area contributed by atoms with Crippen LogP contribution in [-0.2, 0) is 47.7 Å². The number of Topliss-reactive ketones (excluding diaryl/α,β-unsaturated/α-hetero) is 2. The van der Waals surface area contributed by atoms with E-state index in [0.717, 1.165) is 38.5 Å². The SMILES string of the molecule is C[C@H](CCCCCCCCC(=O)C1C(=O)OC(C)(C)OC1=O)CC(=O)C1C(=O)OC(C)(C)OC1=O. The molecule has 2 heterocycles. The Hall–Kier alpha value is -2.78. The third-order valence-electron chi connectivity index (χ3n) is 5.89. The van der Waals surface area contributed by atoms with E-state index < -0.39 is 58.9 Å². The third kappa shape index (κ3) is 8.43. The molecule has 2 saturated heterocycles. The van der Waals surface area contributed by atoms with E-state index in [-0.39, 0.29) is 18.8 Å². The van der Waals surface area contributed by atoms with Crippen molar-refractivity contribution < 1.29 is 47.7 Å². The van der Waals surface area contributed by atoms with Crippen molar-refractivity contribution in [2.75, 3.05) is 0 Å². The van der Waals surface area contributed by atoms with Crippen LogP contribution in [0.5, 0.6) is 0 Å². The largest absolute Gasteiger partial charge is 0.422 e. The Morgan fingerprint density at radius 1 is 0.657 bits per heavy atom. The smallest absolute Gasteiger partial charge is 0.331 e. The van der Waals surface area contributed by atoms with Gasteiger partial charge in [-0.1, -0.05) is 45.4 Å². The number of esters is 4. The first-order valence-corrected chi connectivity index (χ1v) is 12.2. The van der Waals surface area contributed by atoms with Crippen molar-refractivity contribution in [2.24, 2.45) is 17.8 Å². The second-order valence-corrected chi connectivity index (χ2v) is 10.3. The highest BCUT2D eigenvalue weighted by Gasteiger charge is 2.48. The van der Waals surface area contributed by atoms with Gasteiger partial charge in [-0.2, -0.15) is 0 Å². The highest BCUT2D eigenvalue weighted by molar-refractivity contribution is 6.16. The fourth-order valence-electron chi connectivity index (χ4n) is 4.17. The van der Waals surface area contributed by atoms with Gasteiger partial charge in [0.1, 0.15) is 0 Å². The normalized spacial score (nSPS) is 20.9. The van der Waals surface area contributed by atoms with Crippen molar-refractivity contribution in [3.8, 4) is 0 Å². The summed E-state index contributed by atoms with van der Waals surface area (Å²) in [5.74, 6) is -10.1. The molecule has 0 aromatic rings. The van der Waals surface area contributed by atoms with Crippen molar-refractivity contribution in [2.45, 2.75) is 104 Å². The standard InChI is InChI=1S/C25H36O10/c1-15(14-17(27)19-22(30)34-25(4,5)35-23(19)31)12-10-8-6-7-9-11-13-16(26)18-20(28)32-24(2,3)33-21(18)29/h15,18-19H,6-14H2,1-5H3/t15-/m1/s1. The van der Waals surface area contributed by atoms with Crippen LogP contribution in [0.4, 0.5) is 0 Å². The van der Waals surface area contributed by atoms with Gasteiger partial charge in [0.25, 0.3) is 11.6 Å². The summed E-state index contributed by atoms with van der Waals surface area (Å²) in [5, 5.41) is 0. The molecule has 0 N–H and O–H groups in total. The van der Waals surface area contributed by atoms with Gasteiger partial charge < -0.3 is 18.9 Å². The molecule has 0 spiro atoms. The Kier molecular flexibility index (Phi) is 9.57. The van der Waals surface area contributed by atoms with Gasteiger partial charge in [0.05, 0.1) is 0 Å². The average molecular weight is 497 g/mol. The zero-order chi connectivity index (χ0) is 26.4. The maximum Gasteiger partial charge on any atom is 0.331 e. The Labute approximate surface area is 205 Å². The molecule has 0 aromatic carbocycles. The number of carbonyl (C=O) groups is 6. The van der Waals surface area contributed by atoms with E-state index >= 15 is 0 Å². The summed E-state index contributed by atoms with van der Waals surface area (Å²) < 4.78 is 20.0. The van der Waals surface area contributed by atoms with Crippen molar-refractivity contribution in [1.29, 1.82) is 0 Å². The molecule has 196 valence electrons. The summed E-state index contributed by atoms with van der Waals surface area (Å²) in [6, 6.07) is 0. The van der Waals surface area contributed by atoms with Crippen LogP contribution < -0.4 is 0 Å². The van der Waals surface area contributed by atoms with Crippen LogP contribution in [0.2, 0.25) is 0 Å². The highest BCUT2D eigenvalue weighted by atomic mass is 16.8. The molecule has 0 radical (unpaired) electrons. The number of carbonyl (C=O) groups excluding carboxylic acids is 6. The summed E-state index contributed by atoms with van der Waals surface area (Å²) in [6.45, 7) is 7.64. The summed E-state index contributed by atoms with van der Waals surface area (Å²) in [6.07, 6.45) is 5.97. The van der Waals surface area contributed by atoms with Gasteiger partial charge >= 0.3 is 23.9 Å². The van der Waals surface area contributed by atoms with Crippen LogP contribution in [0.1, 0.15) is 92.4 Å².